The largest absolute Gasteiger partial charge is 0.386 e. The van der Waals surface area contributed by atoms with Gasteiger partial charge in [0.25, 0.3) is 0 Å². The maximum atomic E-state index is 13.3. The SMILES string of the molecule is CCC([C@H](O)c1ccc(Cl)cc1)n1ncn(-c2ccc(N3CCN(C(=S)Nc4ccc(Cl)cc4)CC3)nc2)c1=O. The van der Waals surface area contributed by atoms with E-state index in [0.29, 0.717) is 32.8 Å². The van der Waals surface area contributed by atoms with E-state index in [1.807, 2.05) is 43.3 Å². The molecular formula is C28H29Cl2N7O2S. The molecule has 1 unspecified atom stereocenters. The van der Waals surface area contributed by atoms with E-state index in [0.717, 1.165) is 37.7 Å². The van der Waals surface area contributed by atoms with Crippen molar-refractivity contribution < 1.29 is 5.11 Å². The molecule has 12 heteroatoms. The Morgan fingerprint density at radius 1 is 1.00 bits per heavy atom. The molecule has 1 aliphatic heterocycles. The van der Waals surface area contributed by atoms with Gasteiger partial charge in [-0.25, -0.2) is 19.0 Å². The van der Waals surface area contributed by atoms with Gasteiger partial charge in [-0.05, 0) is 72.7 Å². The second-order valence-corrected chi connectivity index (χ2v) is 10.7. The monoisotopic (exact) mass is 597 g/mol. The number of aliphatic hydroxyl groups is 1. The Morgan fingerprint density at radius 3 is 2.25 bits per heavy atom. The van der Waals surface area contributed by atoms with Crippen molar-refractivity contribution in [3.63, 3.8) is 0 Å². The predicted octanol–water partition coefficient (Wildman–Crippen LogP) is 4.94. The van der Waals surface area contributed by atoms with E-state index in [2.05, 4.69) is 25.2 Å². The number of nitrogens with one attached hydrogen (secondary N) is 1. The number of thiocarbonyl (C=S) groups is 1. The minimum absolute atomic E-state index is 0.343. The summed E-state index contributed by atoms with van der Waals surface area (Å²) >= 11 is 17.5. The van der Waals surface area contributed by atoms with Crippen LogP contribution in [0.25, 0.3) is 5.69 Å². The summed E-state index contributed by atoms with van der Waals surface area (Å²) in [6.45, 7) is 4.93. The summed E-state index contributed by atoms with van der Waals surface area (Å²) in [4.78, 5) is 22.2. The standard InChI is InChI=1S/C28H29Cl2N7O2S/c1-2-24(26(38)19-3-5-20(29)6-4-19)37-28(39)36(18-32-37)23-11-12-25(31-17-23)34-13-15-35(16-14-34)27(40)33-22-9-7-21(30)8-10-22/h3-12,17-18,24,26,38H,2,13-16H2,1H3,(H,33,40)/t24?,26-/m1/s1. The highest BCUT2D eigenvalue weighted by Gasteiger charge is 2.25. The van der Waals surface area contributed by atoms with Crippen LogP contribution in [0.15, 0.2) is 78.0 Å². The highest BCUT2D eigenvalue weighted by atomic mass is 35.5. The van der Waals surface area contributed by atoms with Crippen molar-refractivity contribution in [2.45, 2.75) is 25.5 Å². The fraction of sp³-hybridized carbons (Fsp3) is 0.286. The number of benzene rings is 2. The van der Waals surface area contributed by atoms with Crippen LogP contribution >= 0.6 is 35.4 Å². The second kappa shape index (κ2) is 12.4. The molecule has 0 radical (unpaired) electrons. The number of hydrogen-bond acceptors (Lipinski definition) is 6. The average molecular weight is 599 g/mol. The minimum atomic E-state index is -0.906. The minimum Gasteiger partial charge on any atom is -0.386 e. The van der Waals surface area contributed by atoms with E-state index in [1.165, 1.54) is 15.6 Å². The maximum Gasteiger partial charge on any atom is 0.350 e. The third-order valence-electron chi connectivity index (χ3n) is 7.00. The van der Waals surface area contributed by atoms with Crippen LogP contribution in [0, 0.1) is 0 Å². The van der Waals surface area contributed by atoms with E-state index < -0.39 is 12.1 Å². The quantitative estimate of drug-likeness (QED) is 0.289. The third kappa shape index (κ3) is 6.15. The molecule has 2 N–H and O–H groups in total. The van der Waals surface area contributed by atoms with Gasteiger partial charge in [0.15, 0.2) is 5.11 Å². The van der Waals surface area contributed by atoms with Gasteiger partial charge in [-0.15, -0.1) is 0 Å². The van der Waals surface area contributed by atoms with Crippen molar-refractivity contribution in [1.29, 1.82) is 0 Å². The van der Waals surface area contributed by atoms with Crippen molar-refractivity contribution >= 4 is 52.0 Å². The molecule has 4 aromatic rings. The molecule has 1 saturated heterocycles. The van der Waals surface area contributed by atoms with Gasteiger partial charge in [0, 0.05) is 41.9 Å². The number of aliphatic hydroxyl groups excluding tert-OH is 1. The molecule has 1 aliphatic rings. The Morgan fingerprint density at radius 2 is 1.65 bits per heavy atom. The van der Waals surface area contributed by atoms with Gasteiger partial charge in [0.2, 0.25) is 0 Å². The normalized spacial score (nSPS) is 15.1. The van der Waals surface area contributed by atoms with E-state index >= 15 is 0 Å². The zero-order chi connectivity index (χ0) is 28.2. The molecule has 9 nitrogen and oxygen atoms in total. The molecule has 0 amide bonds. The lowest BCUT2D eigenvalue weighted by molar-refractivity contribution is 0.101. The highest BCUT2D eigenvalue weighted by Crippen LogP contribution is 2.28. The zero-order valence-corrected chi connectivity index (χ0v) is 24.1. The van der Waals surface area contributed by atoms with Crippen LogP contribution in [0.2, 0.25) is 10.0 Å². The molecule has 2 aromatic carbocycles. The number of nitrogens with zero attached hydrogens (tertiary/aromatic N) is 6. The summed E-state index contributed by atoms with van der Waals surface area (Å²) in [5.74, 6) is 0.824. The molecule has 0 bridgehead atoms. The predicted molar refractivity (Wildman–Crippen MR) is 163 cm³/mol. The van der Waals surface area contributed by atoms with Crippen LogP contribution in [-0.4, -0.2) is 60.6 Å². The van der Waals surface area contributed by atoms with E-state index in [-0.39, 0.29) is 5.69 Å². The first-order valence-electron chi connectivity index (χ1n) is 13.0. The van der Waals surface area contributed by atoms with E-state index in [9.17, 15) is 9.90 Å². The fourth-order valence-electron chi connectivity index (χ4n) is 4.72. The highest BCUT2D eigenvalue weighted by molar-refractivity contribution is 7.80. The first-order chi connectivity index (χ1) is 19.3. The Bertz CT molecular complexity index is 1500. The summed E-state index contributed by atoms with van der Waals surface area (Å²) in [6, 6.07) is 17.6. The summed E-state index contributed by atoms with van der Waals surface area (Å²) in [5, 5.41) is 20.5. The van der Waals surface area contributed by atoms with Crippen molar-refractivity contribution in [2.24, 2.45) is 0 Å². The zero-order valence-electron chi connectivity index (χ0n) is 21.8. The number of rotatable bonds is 7. The lowest BCUT2D eigenvalue weighted by Gasteiger charge is -2.36. The van der Waals surface area contributed by atoms with Crippen LogP contribution in [0.4, 0.5) is 11.5 Å². The van der Waals surface area contributed by atoms with Gasteiger partial charge in [-0.1, -0.05) is 42.3 Å². The van der Waals surface area contributed by atoms with Crippen molar-refractivity contribution in [3.8, 4) is 5.69 Å². The molecule has 208 valence electrons. The summed E-state index contributed by atoms with van der Waals surface area (Å²) in [5.41, 5.74) is 1.83. The molecule has 2 atom stereocenters. The van der Waals surface area contributed by atoms with Crippen molar-refractivity contribution in [3.05, 3.63) is 99.3 Å². The number of anilines is 2. The first kappa shape index (κ1) is 28.1. The molecule has 2 aromatic heterocycles. The number of aromatic nitrogens is 4. The molecular weight excluding hydrogens is 569 g/mol. The Balaban J connectivity index is 1.22. The number of halogens is 2. The van der Waals surface area contributed by atoms with Gasteiger partial charge in [-0.2, -0.15) is 5.10 Å². The second-order valence-electron chi connectivity index (χ2n) is 9.49. The van der Waals surface area contributed by atoms with Crippen LogP contribution < -0.4 is 15.9 Å². The van der Waals surface area contributed by atoms with Crippen LogP contribution in [0.1, 0.15) is 31.1 Å². The van der Waals surface area contributed by atoms with Gasteiger partial charge in [0.05, 0.1) is 17.9 Å². The average Bonchev–Trinajstić information content (AvgIpc) is 3.36. The fourth-order valence-corrected chi connectivity index (χ4v) is 5.27. The van der Waals surface area contributed by atoms with E-state index in [1.54, 1.807) is 30.5 Å². The Hall–Kier alpha value is -3.44. The van der Waals surface area contributed by atoms with Gasteiger partial charge in [-0.3, -0.25) is 0 Å². The number of piperazine rings is 1. The first-order valence-corrected chi connectivity index (χ1v) is 14.1. The van der Waals surface area contributed by atoms with Crippen LogP contribution in [-0.2, 0) is 0 Å². The molecule has 40 heavy (non-hydrogen) atoms. The third-order valence-corrected chi connectivity index (χ3v) is 7.86. The summed E-state index contributed by atoms with van der Waals surface area (Å²) in [7, 11) is 0. The molecule has 1 fully saturated rings. The molecule has 5 rings (SSSR count). The van der Waals surface area contributed by atoms with Crippen LogP contribution in [0.3, 0.4) is 0 Å². The summed E-state index contributed by atoms with van der Waals surface area (Å²) in [6.07, 6.45) is 2.74. The van der Waals surface area contributed by atoms with Crippen molar-refractivity contribution in [2.75, 3.05) is 36.4 Å². The van der Waals surface area contributed by atoms with Crippen molar-refractivity contribution in [1.82, 2.24) is 24.2 Å². The number of hydrogen-bond donors (Lipinski definition) is 2. The van der Waals surface area contributed by atoms with Gasteiger partial charge in [0.1, 0.15) is 18.2 Å². The lowest BCUT2D eigenvalue weighted by atomic mass is 10.0. The molecule has 0 aliphatic carbocycles. The van der Waals surface area contributed by atoms with Gasteiger partial charge < -0.3 is 20.2 Å². The Kier molecular flexibility index (Phi) is 8.70. The molecule has 0 spiro atoms. The summed E-state index contributed by atoms with van der Waals surface area (Å²) < 4.78 is 2.76. The van der Waals surface area contributed by atoms with Crippen LogP contribution in [0.5, 0.6) is 0 Å². The molecule has 3 heterocycles. The van der Waals surface area contributed by atoms with E-state index in [4.69, 9.17) is 35.4 Å². The number of pyridine rings is 1. The smallest absolute Gasteiger partial charge is 0.350 e. The topological polar surface area (TPSA) is 91.4 Å². The maximum absolute atomic E-state index is 13.3. The van der Waals surface area contributed by atoms with Gasteiger partial charge >= 0.3 is 5.69 Å². The molecule has 0 saturated carbocycles. The lowest BCUT2D eigenvalue weighted by Crippen LogP contribution is -2.50. The Labute approximate surface area is 247 Å².